The van der Waals surface area contributed by atoms with Crippen LogP contribution in [-0.2, 0) is 0 Å². The van der Waals surface area contributed by atoms with Crippen LogP contribution in [0.3, 0.4) is 0 Å². The van der Waals surface area contributed by atoms with Crippen molar-refractivity contribution in [2.24, 2.45) is 0 Å². The Hall–Kier alpha value is -1.36. The molecule has 1 heterocycles. The van der Waals surface area contributed by atoms with Crippen LogP contribution in [0.15, 0.2) is 35.1 Å². The Labute approximate surface area is 108 Å². The van der Waals surface area contributed by atoms with E-state index < -0.39 is 0 Å². The van der Waals surface area contributed by atoms with Gasteiger partial charge in [-0.05, 0) is 24.6 Å². The van der Waals surface area contributed by atoms with Crippen molar-refractivity contribution in [2.75, 3.05) is 11.9 Å². The van der Waals surface area contributed by atoms with E-state index in [1.807, 2.05) is 0 Å². The highest BCUT2D eigenvalue weighted by molar-refractivity contribution is 9.10. The van der Waals surface area contributed by atoms with Crippen LogP contribution < -0.4 is 5.32 Å². The second kappa shape index (κ2) is 5.31. The molecule has 0 amide bonds. The van der Waals surface area contributed by atoms with Gasteiger partial charge in [0.2, 0.25) is 5.95 Å². The molecule has 0 aliphatic heterocycles. The van der Waals surface area contributed by atoms with Gasteiger partial charge in [0.1, 0.15) is 5.82 Å². The second-order valence-electron chi connectivity index (χ2n) is 3.64. The van der Waals surface area contributed by atoms with Gasteiger partial charge in [0.05, 0.1) is 5.69 Å². The Morgan fingerprint density at radius 1 is 1.47 bits per heavy atom. The summed E-state index contributed by atoms with van der Waals surface area (Å²) in [5, 5.41) is 3.16. The third-order valence-electron chi connectivity index (χ3n) is 2.34. The maximum Gasteiger partial charge on any atom is 0.207 e. The number of anilines is 1. The van der Waals surface area contributed by atoms with Gasteiger partial charge in [-0.2, -0.15) is 0 Å². The number of hydrogen-bond acceptors (Lipinski definition) is 2. The van der Waals surface area contributed by atoms with Gasteiger partial charge in [0.25, 0.3) is 0 Å². The van der Waals surface area contributed by atoms with Crippen LogP contribution in [0.1, 0.15) is 13.3 Å². The zero-order valence-corrected chi connectivity index (χ0v) is 11.0. The zero-order valence-electron chi connectivity index (χ0n) is 9.45. The summed E-state index contributed by atoms with van der Waals surface area (Å²) < 4.78 is 16.3. The Morgan fingerprint density at radius 2 is 2.29 bits per heavy atom. The molecule has 0 radical (unpaired) electrons. The molecule has 1 aromatic heterocycles. The van der Waals surface area contributed by atoms with Crippen LogP contribution in [-0.4, -0.2) is 16.1 Å². The highest BCUT2D eigenvalue weighted by atomic mass is 79.9. The molecule has 3 nitrogen and oxygen atoms in total. The Balaban J connectivity index is 2.38. The summed E-state index contributed by atoms with van der Waals surface area (Å²) in [5.74, 6) is 0.384. The fourth-order valence-electron chi connectivity index (χ4n) is 1.54. The Bertz CT molecular complexity index is 510. The lowest BCUT2D eigenvalue weighted by Crippen LogP contribution is -2.07. The fourth-order valence-corrected chi connectivity index (χ4v) is 1.88. The number of hydrogen-bond donors (Lipinski definition) is 1. The van der Waals surface area contributed by atoms with Crippen molar-refractivity contribution in [1.82, 2.24) is 9.55 Å². The molecule has 0 saturated carbocycles. The van der Waals surface area contributed by atoms with Crippen LogP contribution in [0.2, 0.25) is 0 Å². The van der Waals surface area contributed by atoms with Crippen molar-refractivity contribution in [3.8, 4) is 5.69 Å². The maximum atomic E-state index is 13.7. The normalized spacial score (nSPS) is 10.5. The van der Waals surface area contributed by atoms with Crippen molar-refractivity contribution >= 4 is 21.9 Å². The van der Waals surface area contributed by atoms with Crippen LogP contribution in [0.5, 0.6) is 0 Å². The molecule has 2 aromatic rings. The van der Waals surface area contributed by atoms with Crippen molar-refractivity contribution in [3.05, 3.63) is 40.9 Å². The van der Waals surface area contributed by atoms with E-state index in [4.69, 9.17) is 0 Å². The van der Waals surface area contributed by atoms with Crippen molar-refractivity contribution < 1.29 is 4.39 Å². The lowest BCUT2D eigenvalue weighted by molar-refractivity contribution is 0.618. The molecule has 90 valence electrons. The first-order valence-electron chi connectivity index (χ1n) is 5.45. The van der Waals surface area contributed by atoms with Crippen molar-refractivity contribution in [3.63, 3.8) is 0 Å². The fraction of sp³-hybridized carbons (Fsp3) is 0.250. The molecule has 17 heavy (non-hydrogen) atoms. The minimum Gasteiger partial charge on any atom is -0.355 e. The topological polar surface area (TPSA) is 29.9 Å². The number of nitrogens with zero attached hydrogens (tertiary/aromatic N) is 2. The molecule has 0 saturated heterocycles. The minimum atomic E-state index is -0.272. The molecule has 1 aromatic carbocycles. The minimum absolute atomic E-state index is 0.272. The first kappa shape index (κ1) is 12.1. The monoisotopic (exact) mass is 297 g/mol. The number of nitrogens with one attached hydrogen (secondary N) is 1. The van der Waals surface area contributed by atoms with E-state index in [1.54, 1.807) is 29.1 Å². The highest BCUT2D eigenvalue weighted by Gasteiger charge is 2.09. The van der Waals surface area contributed by atoms with E-state index in [1.165, 1.54) is 6.07 Å². The molecule has 2 rings (SSSR count). The van der Waals surface area contributed by atoms with Gasteiger partial charge in [0, 0.05) is 23.4 Å². The number of halogens is 2. The van der Waals surface area contributed by atoms with E-state index in [0.29, 0.717) is 11.6 Å². The second-order valence-corrected chi connectivity index (χ2v) is 4.56. The predicted octanol–water partition coefficient (Wildman–Crippen LogP) is 3.60. The molecule has 0 atom stereocenters. The average Bonchev–Trinajstić information content (AvgIpc) is 2.77. The molecule has 0 spiro atoms. The van der Waals surface area contributed by atoms with E-state index in [9.17, 15) is 4.39 Å². The van der Waals surface area contributed by atoms with Gasteiger partial charge >= 0.3 is 0 Å². The van der Waals surface area contributed by atoms with E-state index in [0.717, 1.165) is 17.4 Å². The average molecular weight is 298 g/mol. The molecule has 0 fully saturated rings. The van der Waals surface area contributed by atoms with Gasteiger partial charge in [-0.1, -0.05) is 22.9 Å². The summed E-state index contributed by atoms with van der Waals surface area (Å²) in [6.07, 6.45) is 4.38. The smallest absolute Gasteiger partial charge is 0.207 e. The molecular formula is C12H13BrFN3. The maximum absolute atomic E-state index is 13.7. The largest absolute Gasteiger partial charge is 0.355 e. The molecule has 0 unspecified atom stereocenters. The first-order valence-corrected chi connectivity index (χ1v) is 6.24. The van der Waals surface area contributed by atoms with Crippen LogP contribution in [0.25, 0.3) is 5.69 Å². The molecule has 0 aliphatic carbocycles. The SMILES string of the molecule is CCCNc1nccn1-c1cc(Br)ccc1F. The van der Waals surface area contributed by atoms with Crippen LogP contribution in [0.4, 0.5) is 10.3 Å². The number of rotatable bonds is 4. The van der Waals surface area contributed by atoms with E-state index in [-0.39, 0.29) is 5.82 Å². The molecule has 0 bridgehead atoms. The summed E-state index contributed by atoms with van der Waals surface area (Å²) in [6, 6.07) is 4.84. The van der Waals surface area contributed by atoms with Crippen LogP contribution >= 0.6 is 15.9 Å². The standard InChI is InChI=1S/C12H13BrFN3/c1-2-5-15-12-16-6-7-17(12)11-8-9(13)3-4-10(11)14/h3-4,6-8H,2,5H2,1H3,(H,15,16). The molecule has 0 aliphatic rings. The van der Waals surface area contributed by atoms with Gasteiger partial charge < -0.3 is 5.32 Å². The van der Waals surface area contributed by atoms with Gasteiger partial charge in [0.15, 0.2) is 0 Å². The summed E-state index contributed by atoms with van der Waals surface area (Å²) >= 11 is 3.34. The van der Waals surface area contributed by atoms with Gasteiger partial charge in [-0.15, -0.1) is 0 Å². The summed E-state index contributed by atoms with van der Waals surface area (Å²) in [4.78, 5) is 4.17. The van der Waals surface area contributed by atoms with Crippen molar-refractivity contribution in [1.29, 1.82) is 0 Å². The molecular weight excluding hydrogens is 285 g/mol. The first-order chi connectivity index (χ1) is 8.22. The molecule has 5 heteroatoms. The van der Waals surface area contributed by atoms with Gasteiger partial charge in [-0.25, -0.2) is 9.37 Å². The zero-order chi connectivity index (χ0) is 12.3. The van der Waals surface area contributed by atoms with Crippen molar-refractivity contribution in [2.45, 2.75) is 13.3 Å². The lowest BCUT2D eigenvalue weighted by atomic mass is 10.3. The quantitative estimate of drug-likeness (QED) is 0.934. The summed E-state index contributed by atoms with van der Waals surface area (Å²) in [5.41, 5.74) is 0.482. The van der Waals surface area contributed by atoms with Gasteiger partial charge in [-0.3, -0.25) is 4.57 Å². The summed E-state index contributed by atoms with van der Waals surface area (Å²) in [6.45, 7) is 2.88. The predicted molar refractivity (Wildman–Crippen MR) is 70.0 cm³/mol. The van der Waals surface area contributed by atoms with E-state index in [2.05, 4.69) is 33.2 Å². The molecule has 1 N–H and O–H groups in total. The third-order valence-corrected chi connectivity index (χ3v) is 2.83. The number of aromatic nitrogens is 2. The number of benzene rings is 1. The number of imidazole rings is 1. The van der Waals surface area contributed by atoms with E-state index >= 15 is 0 Å². The summed E-state index contributed by atoms with van der Waals surface area (Å²) in [7, 11) is 0. The Kier molecular flexibility index (Phi) is 3.78. The Morgan fingerprint density at radius 3 is 3.06 bits per heavy atom. The lowest BCUT2D eigenvalue weighted by Gasteiger charge is -2.10. The van der Waals surface area contributed by atoms with Crippen LogP contribution in [0, 0.1) is 5.82 Å². The highest BCUT2D eigenvalue weighted by Crippen LogP contribution is 2.22. The third kappa shape index (κ3) is 2.66.